The molecular formula is C13H8INO4. The third-order valence-corrected chi connectivity index (χ3v) is 2.99. The van der Waals surface area contributed by atoms with Crippen LogP contribution in [0, 0.1) is 13.7 Å². The molecule has 5 nitrogen and oxygen atoms in total. The average Bonchev–Trinajstić information content (AvgIpc) is 2.39. The van der Waals surface area contributed by atoms with Crippen LogP contribution in [0.2, 0.25) is 0 Å². The summed E-state index contributed by atoms with van der Waals surface area (Å²) in [4.78, 5) is 21.8. The van der Waals surface area contributed by atoms with Gasteiger partial charge < -0.3 is 4.74 Å². The molecule has 0 aromatic heterocycles. The van der Waals surface area contributed by atoms with Crippen molar-refractivity contribution in [3.63, 3.8) is 0 Å². The Bertz CT molecular complexity index is 625. The molecular weight excluding hydrogens is 361 g/mol. The van der Waals surface area contributed by atoms with Gasteiger partial charge in [0.05, 0.1) is 10.5 Å². The van der Waals surface area contributed by atoms with Gasteiger partial charge in [0.25, 0.3) is 5.69 Å². The van der Waals surface area contributed by atoms with E-state index in [1.54, 1.807) is 18.2 Å². The molecule has 0 fully saturated rings. The third-order valence-electron chi connectivity index (χ3n) is 2.32. The summed E-state index contributed by atoms with van der Waals surface area (Å²) < 4.78 is 6.12. The average molecular weight is 369 g/mol. The number of nitrogens with zero attached hydrogens (tertiary/aromatic N) is 1. The predicted octanol–water partition coefficient (Wildman–Crippen LogP) is 3.42. The van der Waals surface area contributed by atoms with Crippen LogP contribution in [0.3, 0.4) is 0 Å². The van der Waals surface area contributed by atoms with E-state index < -0.39 is 10.9 Å². The number of halogens is 1. The monoisotopic (exact) mass is 369 g/mol. The molecule has 19 heavy (non-hydrogen) atoms. The van der Waals surface area contributed by atoms with Gasteiger partial charge in [0.1, 0.15) is 5.75 Å². The van der Waals surface area contributed by atoms with Gasteiger partial charge in [-0.2, -0.15) is 0 Å². The molecule has 96 valence electrons. The van der Waals surface area contributed by atoms with Gasteiger partial charge in [-0.15, -0.1) is 0 Å². The van der Waals surface area contributed by atoms with Crippen LogP contribution in [0.25, 0.3) is 0 Å². The molecule has 0 heterocycles. The van der Waals surface area contributed by atoms with E-state index in [2.05, 4.69) is 22.6 Å². The van der Waals surface area contributed by atoms with E-state index in [0.29, 0.717) is 5.75 Å². The van der Waals surface area contributed by atoms with Crippen LogP contribution >= 0.6 is 22.6 Å². The minimum Gasteiger partial charge on any atom is -0.423 e. The van der Waals surface area contributed by atoms with Crippen LogP contribution in [0.15, 0.2) is 48.5 Å². The number of nitro benzene ring substituents is 1. The highest BCUT2D eigenvalue weighted by Gasteiger charge is 2.11. The van der Waals surface area contributed by atoms with Crippen molar-refractivity contribution in [1.29, 1.82) is 0 Å². The van der Waals surface area contributed by atoms with Crippen LogP contribution in [0.4, 0.5) is 5.69 Å². The lowest BCUT2D eigenvalue weighted by Crippen LogP contribution is -2.08. The van der Waals surface area contributed by atoms with E-state index in [1.807, 2.05) is 6.07 Å². The Balaban J connectivity index is 2.14. The fourth-order valence-electron chi connectivity index (χ4n) is 1.42. The van der Waals surface area contributed by atoms with Crippen molar-refractivity contribution in [2.75, 3.05) is 0 Å². The van der Waals surface area contributed by atoms with Gasteiger partial charge in [0, 0.05) is 15.7 Å². The maximum atomic E-state index is 11.8. The molecule has 0 radical (unpaired) electrons. The van der Waals surface area contributed by atoms with E-state index in [0.717, 1.165) is 3.57 Å². The number of carbonyl (C=O) groups excluding carboxylic acids is 1. The Hall–Kier alpha value is -1.96. The molecule has 0 aliphatic heterocycles. The number of rotatable bonds is 3. The zero-order valence-corrected chi connectivity index (χ0v) is 11.7. The Kier molecular flexibility index (Phi) is 4.10. The lowest BCUT2D eigenvalue weighted by atomic mass is 10.2. The van der Waals surface area contributed by atoms with Gasteiger partial charge in [0.2, 0.25) is 0 Å². The Labute approximate surface area is 122 Å². The summed E-state index contributed by atoms with van der Waals surface area (Å²) >= 11 is 2.11. The van der Waals surface area contributed by atoms with Crippen LogP contribution in [0.5, 0.6) is 5.75 Å². The molecule has 6 heteroatoms. The SMILES string of the molecule is O=C(Oc1cccc(I)c1)c1ccc([N+](=O)[O-])cc1. The molecule has 0 atom stereocenters. The maximum Gasteiger partial charge on any atom is 0.343 e. The van der Waals surface area contributed by atoms with E-state index in [4.69, 9.17) is 4.74 Å². The summed E-state index contributed by atoms with van der Waals surface area (Å²) in [5, 5.41) is 10.5. The number of non-ortho nitro benzene ring substituents is 1. The molecule has 0 unspecified atom stereocenters. The summed E-state index contributed by atoms with van der Waals surface area (Å²) in [6.45, 7) is 0. The van der Waals surface area contributed by atoms with Gasteiger partial charge in [-0.3, -0.25) is 10.1 Å². The van der Waals surface area contributed by atoms with Crippen LogP contribution in [-0.2, 0) is 0 Å². The van der Waals surface area contributed by atoms with E-state index in [9.17, 15) is 14.9 Å². The van der Waals surface area contributed by atoms with Crippen molar-refractivity contribution in [2.45, 2.75) is 0 Å². The molecule has 2 aromatic rings. The van der Waals surface area contributed by atoms with Crippen LogP contribution in [0.1, 0.15) is 10.4 Å². The summed E-state index contributed by atoms with van der Waals surface area (Å²) in [6.07, 6.45) is 0. The van der Waals surface area contributed by atoms with Gasteiger partial charge in [-0.05, 0) is 52.9 Å². The van der Waals surface area contributed by atoms with E-state index in [-0.39, 0.29) is 11.3 Å². The maximum absolute atomic E-state index is 11.8. The molecule has 0 amide bonds. The fourth-order valence-corrected chi connectivity index (χ4v) is 1.93. The van der Waals surface area contributed by atoms with E-state index >= 15 is 0 Å². The summed E-state index contributed by atoms with van der Waals surface area (Å²) in [5.74, 6) is -0.104. The molecule has 0 bridgehead atoms. The summed E-state index contributed by atoms with van der Waals surface area (Å²) in [6, 6.07) is 12.3. The normalized spacial score (nSPS) is 9.95. The molecule has 0 aliphatic rings. The van der Waals surface area contributed by atoms with Gasteiger partial charge in [-0.25, -0.2) is 4.79 Å². The number of benzene rings is 2. The smallest absolute Gasteiger partial charge is 0.343 e. The summed E-state index contributed by atoms with van der Waals surface area (Å²) in [7, 11) is 0. The topological polar surface area (TPSA) is 69.4 Å². The van der Waals surface area contributed by atoms with Crippen molar-refractivity contribution < 1.29 is 14.5 Å². The predicted molar refractivity (Wildman–Crippen MR) is 77.2 cm³/mol. The number of hydrogen-bond donors (Lipinski definition) is 0. The number of carbonyl (C=O) groups is 1. The first-order valence-corrected chi connectivity index (χ1v) is 6.36. The number of esters is 1. The molecule has 0 aliphatic carbocycles. The van der Waals surface area contributed by atoms with Crippen molar-refractivity contribution in [1.82, 2.24) is 0 Å². The highest BCUT2D eigenvalue weighted by Crippen LogP contribution is 2.17. The quantitative estimate of drug-likeness (QED) is 0.273. The second-order valence-corrected chi connectivity index (χ2v) is 4.90. The number of hydrogen-bond acceptors (Lipinski definition) is 4. The minimum atomic E-state index is -0.545. The second-order valence-electron chi connectivity index (χ2n) is 3.65. The van der Waals surface area contributed by atoms with Crippen molar-refractivity contribution >= 4 is 34.2 Å². The van der Waals surface area contributed by atoms with Crippen LogP contribution < -0.4 is 4.74 Å². The van der Waals surface area contributed by atoms with Gasteiger partial charge in [0.15, 0.2) is 0 Å². The summed E-state index contributed by atoms with van der Waals surface area (Å²) in [5.41, 5.74) is 0.204. The van der Waals surface area contributed by atoms with Crippen molar-refractivity contribution in [2.24, 2.45) is 0 Å². The van der Waals surface area contributed by atoms with Crippen molar-refractivity contribution in [3.8, 4) is 5.75 Å². The standard InChI is InChI=1S/C13H8INO4/c14-10-2-1-3-12(8-10)19-13(16)9-4-6-11(7-5-9)15(17)18/h1-8H. The van der Waals surface area contributed by atoms with E-state index in [1.165, 1.54) is 24.3 Å². The fraction of sp³-hybridized carbons (Fsp3) is 0. The molecule has 0 N–H and O–H groups in total. The largest absolute Gasteiger partial charge is 0.423 e. The number of nitro groups is 1. The molecule has 0 saturated carbocycles. The Morgan fingerprint density at radius 3 is 2.42 bits per heavy atom. The van der Waals surface area contributed by atoms with Crippen LogP contribution in [-0.4, -0.2) is 10.9 Å². The Morgan fingerprint density at radius 1 is 1.16 bits per heavy atom. The lowest BCUT2D eigenvalue weighted by Gasteiger charge is -2.04. The molecule has 0 saturated heterocycles. The van der Waals surface area contributed by atoms with Gasteiger partial charge in [-0.1, -0.05) is 6.07 Å². The lowest BCUT2D eigenvalue weighted by molar-refractivity contribution is -0.384. The zero-order chi connectivity index (χ0) is 13.8. The highest BCUT2D eigenvalue weighted by atomic mass is 127. The Morgan fingerprint density at radius 2 is 1.84 bits per heavy atom. The molecule has 2 aromatic carbocycles. The minimum absolute atomic E-state index is 0.0641. The second kappa shape index (κ2) is 5.79. The zero-order valence-electron chi connectivity index (χ0n) is 9.58. The first-order chi connectivity index (χ1) is 9.06. The first kappa shape index (κ1) is 13.5. The van der Waals surface area contributed by atoms with Gasteiger partial charge >= 0.3 is 5.97 Å². The number of ether oxygens (including phenoxy) is 1. The molecule has 0 spiro atoms. The third kappa shape index (κ3) is 3.50. The van der Waals surface area contributed by atoms with Crippen molar-refractivity contribution in [3.05, 3.63) is 67.8 Å². The molecule has 2 rings (SSSR count). The first-order valence-electron chi connectivity index (χ1n) is 5.28. The highest BCUT2D eigenvalue weighted by molar-refractivity contribution is 14.1.